The van der Waals surface area contributed by atoms with Crippen LogP contribution in [-0.4, -0.2) is 25.2 Å². The van der Waals surface area contributed by atoms with Gasteiger partial charge in [0.15, 0.2) is 0 Å². The molecule has 4 rings (SSSR count). The molecule has 3 aromatic carbocycles. The Bertz CT molecular complexity index is 1070. The van der Waals surface area contributed by atoms with Crippen molar-refractivity contribution in [1.82, 2.24) is 0 Å². The average Bonchev–Trinajstić information content (AvgIpc) is 3.15. The minimum absolute atomic E-state index is 0.133. The highest BCUT2D eigenvalue weighted by Gasteiger charge is 2.47. The summed E-state index contributed by atoms with van der Waals surface area (Å²) in [5.41, 5.74) is 4.83. The molecule has 0 spiro atoms. The molecular formula is C28H34NO2P. The Kier molecular flexibility index (Phi) is 6.23. The topological polar surface area (TPSA) is 21.7 Å². The summed E-state index contributed by atoms with van der Waals surface area (Å²) in [6, 6.07) is 23.6. The van der Waals surface area contributed by atoms with E-state index < -0.39 is 7.92 Å². The predicted molar refractivity (Wildman–Crippen MR) is 138 cm³/mol. The highest BCUT2D eigenvalue weighted by atomic mass is 31.1. The van der Waals surface area contributed by atoms with E-state index >= 15 is 0 Å². The minimum Gasteiger partial charge on any atom is -0.496 e. The van der Waals surface area contributed by atoms with Crippen LogP contribution >= 0.6 is 7.92 Å². The van der Waals surface area contributed by atoms with Gasteiger partial charge in [-0.25, -0.2) is 0 Å². The molecule has 0 bridgehead atoms. The molecule has 0 saturated carbocycles. The lowest BCUT2D eigenvalue weighted by Crippen LogP contribution is -2.34. The molecule has 1 aliphatic heterocycles. The van der Waals surface area contributed by atoms with Crippen molar-refractivity contribution in [3.8, 4) is 22.6 Å². The average molecular weight is 448 g/mol. The summed E-state index contributed by atoms with van der Waals surface area (Å²) in [6.45, 7) is 11.9. The smallest absolute Gasteiger partial charge is 0.130 e. The van der Waals surface area contributed by atoms with Crippen LogP contribution in [0.4, 0.5) is 11.4 Å². The van der Waals surface area contributed by atoms with E-state index in [0.717, 1.165) is 17.1 Å². The van der Waals surface area contributed by atoms with E-state index in [-0.39, 0.29) is 5.16 Å². The summed E-state index contributed by atoms with van der Waals surface area (Å²) in [6.07, 6.45) is 0. The normalized spacial score (nSPS) is 18.1. The Morgan fingerprint density at radius 3 is 1.94 bits per heavy atom. The van der Waals surface area contributed by atoms with Gasteiger partial charge in [-0.1, -0.05) is 71.0 Å². The van der Waals surface area contributed by atoms with Crippen LogP contribution in [0.25, 0.3) is 11.1 Å². The summed E-state index contributed by atoms with van der Waals surface area (Å²) in [5.74, 6) is 2.60. The maximum atomic E-state index is 5.82. The number of nitrogens with zero attached hydrogens (tertiary/aromatic N) is 1. The van der Waals surface area contributed by atoms with E-state index in [1.807, 2.05) is 18.2 Å². The largest absolute Gasteiger partial charge is 0.496 e. The summed E-state index contributed by atoms with van der Waals surface area (Å²) < 4.78 is 11.6. The lowest BCUT2D eigenvalue weighted by atomic mass is 10.0. The Morgan fingerprint density at radius 2 is 1.41 bits per heavy atom. The van der Waals surface area contributed by atoms with Crippen LogP contribution in [0.15, 0.2) is 66.7 Å². The van der Waals surface area contributed by atoms with Gasteiger partial charge in [0, 0.05) is 11.0 Å². The van der Waals surface area contributed by atoms with Crippen molar-refractivity contribution in [2.45, 2.75) is 45.6 Å². The first-order valence-electron chi connectivity index (χ1n) is 11.3. The number of rotatable bonds is 5. The van der Waals surface area contributed by atoms with Gasteiger partial charge < -0.3 is 14.4 Å². The molecule has 0 amide bonds. The Hall–Kier alpha value is -2.51. The van der Waals surface area contributed by atoms with Crippen LogP contribution in [0.3, 0.4) is 0 Å². The van der Waals surface area contributed by atoms with Crippen LogP contribution in [0, 0.1) is 5.92 Å². The monoisotopic (exact) mass is 447 g/mol. The third-order valence-corrected chi connectivity index (χ3v) is 9.85. The zero-order valence-corrected chi connectivity index (χ0v) is 21.1. The second kappa shape index (κ2) is 8.79. The van der Waals surface area contributed by atoms with Gasteiger partial charge in [0.1, 0.15) is 11.5 Å². The summed E-state index contributed by atoms with van der Waals surface area (Å²) in [4.78, 5) is 2.59. The molecule has 0 radical (unpaired) electrons. The first-order valence-corrected chi connectivity index (χ1v) is 12.7. The number of hydrogen-bond donors (Lipinski definition) is 0. The molecule has 4 heteroatoms. The Morgan fingerprint density at radius 1 is 0.812 bits per heavy atom. The van der Waals surface area contributed by atoms with Crippen molar-refractivity contribution in [2.24, 2.45) is 5.92 Å². The van der Waals surface area contributed by atoms with Crippen molar-refractivity contribution < 1.29 is 9.47 Å². The maximum Gasteiger partial charge on any atom is 0.130 e. The third-order valence-electron chi connectivity index (χ3n) is 6.09. The van der Waals surface area contributed by atoms with Gasteiger partial charge >= 0.3 is 0 Å². The quantitative estimate of drug-likeness (QED) is 0.380. The zero-order chi connectivity index (χ0) is 23.0. The van der Waals surface area contributed by atoms with E-state index in [4.69, 9.17) is 9.47 Å². The first kappa shape index (κ1) is 22.7. The predicted octanol–water partition coefficient (Wildman–Crippen LogP) is 7.41. The third kappa shape index (κ3) is 3.77. The standard InChI is InChI=1S/C28H34NO2P/c1-19(2)27-29(20-13-9-8-10-14-20)22-16-11-15-21(26(22)32(27)28(3,4)5)25-23(30-6)17-12-18-24(25)31-7/h8-19,27H,1-7H3. The molecule has 168 valence electrons. The van der Waals surface area contributed by atoms with E-state index in [2.05, 4.69) is 88.0 Å². The number of ether oxygens (including phenoxy) is 2. The second-order valence-corrected chi connectivity index (χ2v) is 12.7. The van der Waals surface area contributed by atoms with Crippen molar-refractivity contribution in [3.05, 3.63) is 66.7 Å². The molecule has 2 unspecified atom stereocenters. The van der Waals surface area contributed by atoms with Gasteiger partial charge in [0.05, 0.1) is 31.3 Å². The molecule has 32 heavy (non-hydrogen) atoms. The van der Waals surface area contributed by atoms with Crippen LogP contribution < -0.4 is 19.7 Å². The molecule has 0 fully saturated rings. The fourth-order valence-corrected chi connectivity index (χ4v) is 8.59. The molecule has 2 atom stereocenters. The summed E-state index contributed by atoms with van der Waals surface area (Å²) >= 11 is 0. The fourth-order valence-electron chi connectivity index (χ4n) is 4.90. The fraction of sp³-hybridized carbons (Fsp3) is 0.357. The van der Waals surface area contributed by atoms with Crippen LogP contribution in [0.5, 0.6) is 11.5 Å². The Balaban J connectivity index is 2.07. The molecule has 3 nitrogen and oxygen atoms in total. The number of para-hydroxylation sites is 1. The van der Waals surface area contributed by atoms with Crippen molar-refractivity contribution in [1.29, 1.82) is 0 Å². The van der Waals surface area contributed by atoms with Gasteiger partial charge in [0.25, 0.3) is 0 Å². The number of hydrogen-bond acceptors (Lipinski definition) is 3. The second-order valence-electron chi connectivity index (χ2n) is 9.61. The first-order chi connectivity index (χ1) is 15.3. The van der Waals surface area contributed by atoms with Gasteiger partial charge in [0.2, 0.25) is 0 Å². The number of methoxy groups -OCH3 is 2. The van der Waals surface area contributed by atoms with E-state index in [9.17, 15) is 0 Å². The SMILES string of the molecule is COc1cccc(OC)c1-c1cccc2c1P(C(C)(C)C)C(C(C)C)N2c1ccccc1. The number of benzene rings is 3. The van der Waals surface area contributed by atoms with Gasteiger partial charge in [-0.15, -0.1) is 0 Å². The maximum absolute atomic E-state index is 5.82. The van der Waals surface area contributed by atoms with Crippen LogP contribution in [-0.2, 0) is 0 Å². The summed E-state index contributed by atoms with van der Waals surface area (Å²) in [7, 11) is 2.94. The van der Waals surface area contributed by atoms with E-state index in [1.54, 1.807) is 14.2 Å². The highest BCUT2D eigenvalue weighted by molar-refractivity contribution is 7.69. The molecular weight excluding hydrogens is 413 g/mol. The lowest BCUT2D eigenvalue weighted by molar-refractivity contribution is 0.397. The van der Waals surface area contributed by atoms with E-state index in [0.29, 0.717) is 11.7 Å². The highest BCUT2D eigenvalue weighted by Crippen LogP contribution is 2.65. The van der Waals surface area contributed by atoms with Crippen LogP contribution in [0.2, 0.25) is 0 Å². The molecule has 3 aromatic rings. The van der Waals surface area contributed by atoms with E-state index in [1.165, 1.54) is 22.2 Å². The molecule has 0 N–H and O–H groups in total. The van der Waals surface area contributed by atoms with Crippen LogP contribution in [0.1, 0.15) is 34.6 Å². The van der Waals surface area contributed by atoms with Gasteiger partial charge in [-0.05, 0) is 54.9 Å². The number of anilines is 2. The molecule has 1 heterocycles. The molecule has 1 aliphatic rings. The molecule has 0 aromatic heterocycles. The lowest BCUT2D eigenvalue weighted by Gasteiger charge is -2.39. The summed E-state index contributed by atoms with van der Waals surface area (Å²) in [5, 5.41) is 1.58. The van der Waals surface area contributed by atoms with Gasteiger partial charge in [-0.3, -0.25) is 0 Å². The van der Waals surface area contributed by atoms with Crippen molar-refractivity contribution in [3.63, 3.8) is 0 Å². The van der Waals surface area contributed by atoms with Gasteiger partial charge in [-0.2, -0.15) is 0 Å². The zero-order valence-electron chi connectivity index (χ0n) is 20.2. The molecule has 0 saturated heterocycles. The van der Waals surface area contributed by atoms with Crippen molar-refractivity contribution >= 4 is 24.6 Å². The molecule has 0 aliphatic carbocycles. The number of fused-ring (bicyclic) bond motifs is 1. The van der Waals surface area contributed by atoms with Crippen molar-refractivity contribution in [2.75, 3.05) is 19.1 Å². The Labute approximate surface area is 194 Å². The minimum atomic E-state index is -0.532.